The van der Waals surface area contributed by atoms with Crippen molar-refractivity contribution in [1.29, 1.82) is 0 Å². The van der Waals surface area contributed by atoms with Crippen molar-refractivity contribution in [2.24, 2.45) is 0 Å². The lowest BCUT2D eigenvalue weighted by atomic mass is 9.89. The molecule has 2 unspecified atom stereocenters. The Hall–Kier alpha value is -1.40. The summed E-state index contributed by atoms with van der Waals surface area (Å²) in [7, 11) is -3.28. The number of likely N-dealkylation sites (N-methyl/N-ethyl adjacent to an activating group) is 1. The van der Waals surface area contributed by atoms with Crippen molar-refractivity contribution in [3.05, 3.63) is 29.8 Å². The van der Waals surface area contributed by atoms with Crippen LogP contribution in [0.25, 0.3) is 0 Å². The predicted molar refractivity (Wildman–Crippen MR) is 96.3 cm³/mol. The second kappa shape index (κ2) is 6.72. The number of carbonyl (C=O) groups is 1. The molecule has 1 aromatic rings. The predicted octanol–water partition coefficient (Wildman–Crippen LogP) is 2.75. The van der Waals surface area contributed by atoms with Crippen molar-refractivity contribution in [2.45, 2.75) is 62.5 Å². The van der Waals surface area contributed by atoms with Gasteiger partial charge >= 0.3 is 0 Å². The number of hydrogen-bond acceptors (Lipinski definition) is 4. The topological polar surface area (TPSA) is 63.7 Å². The van der Waals surface area contributed by atoms with Crippen molar-refractivity contribution in [1.82, 2.24) is 4.90 Å². The number of nitrogens with zero attached hydrogens (tertiary/aromatic N) is 1. The first-order chi connectivity index (χ1) is 11.7. The summed E-state index contributed by atoms with van der Waals surface area (Å²) in [6.45, 7) is 7.38. The Labute approximate surface area is 150 Å². The fourth-order valence-corrected chi connectivity index (χ4v) is 5.73. The molecule has 2 aliphatic rings. The van der Waals surface area contributed by atoms with Crippen LogP contribution in [0.4, 0.5) is 0 Å². The molecule has 2 heterocycles. The summed E-state index contributed by atoms with van der Waals surface area (Å²) in [5, 5.41) is 0. The van der Waals surface area contributed by atoms with Gasteiger partial charge in [-0.1, -0.05) is 18.2 Å². The zero-order chi connectivity index (χ0) is 18.2. The highest BCUT2D eigenvalue weighted by Gasteiger charge is 2.39. The Morgan fingerprint density at radius 3 is 2.68 bits per heavy atom. The van der Waals surface area contributed by atoms with E-state index < -0.39 is 9.84 Å². The van der Waals surface area contributed by atoms with Gasteiger partial charge in [0.05, 0.1) is 22.2 Å². The minimum atomic E-state index is -3.28. The van der Waals surface area contributed by atoms with Crippen LogP contribution in [-0.4, -0.2) is 49.8 Å². The van der Waals surface area contributed by atoms with Crippen molar-refractivity contribution in [3.63, 3.8) is 0 Å². The van der Waals surface area contributed by atoms with Gasteiger partial charge < -0.3 is 9.64 Å². The molecule has 2 atom stereocenters. The summed E-state index contributed by atoms with van der Waals surface area (Å²) >= 11 is 0. The lowest BCUT2D eigenvalue weighted by Crippen LogP contribution is -2.50. The van der Waals surface area contributed by atoms with Crippen LogP contribution >= 0.6 is 0 Å². The van der Waals surface area contributed by atoms with E-state index in [-0.39, 0.29) is 29.2 Å². The van der Waals surface area contributed by atoms with E-state index in [2.05, 4.69) is 13.8 Å². The molecule has 6 heteroatoms. The van der Waals surface area contributed by atoms with Crippen LogP contribution in [0.5, 0.6) is 0 Å². The summed E-state index contributed by atoms with van der Waals surface area (Å²) in [4.78, 5) is 15.6. The zero-order valence-electron chi connectivity index (χ0n) is 15.2. The van der Waals surface area contributed by atoms with Crippen LogP contribution < -0.4 is 0 Å². The lowest BCUT2D eigenvalue weighted by Gasteiger charge is -2.42. The third kappa shape index (κ3) is 3.60. The van der Waals surface area contributed by atoms with Gasteiger partial charge in [0.25, 0.3) is 0 Å². The number of sulfone groups is 1. The van der Waals surface area contributed by atoms with Crippen LogP contribution in [0.15, 0.2) is 29.2 Å². The van der Waals surface area contributed by atoms with Gasteiger partial charge in [-0.15, -0.1) is 0 Å². The molecule has 138 valence electrons. The van der Waals surface area contributed by atoms with E-state index in [0.29, 0.717) is 30.0 Å². The van der Waals surface area contributed by atoms with E-state index in [9.17, 15) is 13.2 Å². The van der Waals surface area contributed by atoms with E-state index in [0.717, 1.165) is 12.8 Å². The molecule has 1 fully saturated rings. The van der Waals surface area contributed by atoms with Gasteiger partial charge in [-0.2, -0.15) is 0 Å². The quantitative estimate of drug-likeness (QED) is 0.826. The van der Waals surface area contributed by atoms with Crippen LogP contribution in [0, 0.1) is 0 Å². The Morgan fingerprint density at radius 2 is 2.00 bits per heavy atom. The van der Waals surface area contributed by atoms with E-state index in [1.54, 1.807) is 18.2 Å². The smallest absolute Gasteiger partial charge is 0.230 e. The molecule has 1 aromatic carbocycles. The molecule has 0 spiro atoms. The Kier molecular flexibility index (Phi) is 4.95. The standard InChI is InChI=1S/C19H27NO4S/c1-4-20(14-9-11-24-19(2,3)13-14)18(21)16-10-12-25(22,23)17-8-6-5-7-15(16)17/h5-8,14,16H,4,9-13H2,1-3H3. The molecule has 0 saturated carbocycles. The molecule has 1 amide bonds. The number of benzene rings is 1. The molecule has 0 aromatic heterocycles. The maximum Gasteiger partial charge on any atom is 0.230 e. The molecule has 3 rings (SSSR count). The monoisotopic (exact) mass is 365 g/mol. The van der Waals surface area contributed by atoms with Gasteiger partial charge in [0.2, 0.25) is 5.91 Å². The first kappa shape index (κ1) is 18.4. The summed E-state index contributed by atoms with van der Waals surface area (Å²) in [6, 6.07) is 7.09. The van der Waals surface area contributed by atoms with E-state index in [1.807, 2.05) is 17.9 Å². The van der Waals surface area contributed by atoms with E-state index in [1.165, 1.54) is 0 Å². The molecule has 0 aliphatic carbocycles. The average Bonchev–Trinajstić information content (AvgIpc) is 2.55. The first-order valence-corrected chi connectivity index (χ1v) is 10.7. The Morgan fingerprint density at radius 1 is 1.28 bits per heavy atom. The minimum Gasteiger partial charge on any atom is -0.375 e. The molecule has 0 radical (unpaired) electrons. The molecule has 0 N–H and O–H groups in total. The molecule has 0 bridgehead atoms. The van der Waals surface area contributed by atoms with Crippen molar-refractivity contribution >= 4 is 15.7 Å². The first-order valence-electron chi connectivity index (χ1n) is 9.01. The van der Waals surface area contributed by atoms with Gasteiger partial charge in [-0.05, 0) is 51.7 Å². The number of rotatable bonds is 3. The Balaban J connectivity index is 1.89. The van der Waals surface area contributed by atoms with Gasteiger partial charge in [0.15, 0.2) is 9.84 Å². The molecular formula is C19H27NO4S. The second-order valence-corrected chi connectivity index (χ2v) is 9.65. The third-order valence-electron chi connectivity index (χ3n) is 5.34. The van der Waals surface area contributed by atoms with Crippen LogP contribution in [0.2, 0.25) is 0 Å². The number of hydrogen-bond donors (Lipinski definition) is 0. The highest BCUT2D eigenvalue weighted by molar-refractivity contribution is 7.91. The van der Waals surface area contributed by atoms with E-state index >= 15 is 0 Å². The summed E-state index contributed by atoms with van der Waals surface area (Å²) in [5.41, 5.74) is 0.424. The number of ether oxygens (including phenoxy) is 1. The van der Waals surface area contributed by atoms with Gasteiger partial charge in [0, 0.05) is 19.2 Å². The fourth-order valence-electron chi connectivity index (χ4n) is 4.11. The maximum absolute atomic E-state index is 13.3. The van der Waals surface area contributed by atoms with Gasteiger partial charge in [0.1, 0.15) is 0 Å². The molecule has 1 saturated heterocycles. The fraction of sp³-hybridized carbons (Fsp3) is 0.632. The second-order valence-electron chi connectivity index (χ2n) is 7.58. The summed E-state index contributed by atoms with van der Waals surface area (Å²) in [5.74, 6) is -0.282. The van der Waals surface area contributed by atoms with Gasteiger partial charge in [-0.25, -0.2) is 8.42 Å². The SMILES string of the molecule is CCN(C(=O)C1CCS(=O)(=O)c2ccccc21)C1CCOC(C)(C)C1. The average molecular weight is 365 g/mol. The minimum absolute atomic E-state index is 0.0389. The van der Waals surface area contributed by atoms with Gasteiger partial charge in [-0.3, -0.25) is 4.79 Å². The molecule has 5 nitrogen and oxygen atoms in total. The Bertz CT molecular complexity index is 756. The van der Waals surface area contributed by atoms with Crippen LogP contribution in [-0.2, 0) is 19.4 Å². The third-order valence-corrected chi connectivity index (χ3v) is 7.15. The number of fused-ring (bicyclic) bond motifs is 1. The lowest BCUT2D eigenvalue weighted by molar-refractivity contribution is -0.141. The number of amides is 1. The summed E-state index contributed by atoms with van der Waals surface area (Å²) < 4.78 is 30.4. The zero-order valence-corrected chi connectivity index (χ0v) is 16.0. The molecule has 2 aliphatic heterocycles. The highest BCUT2D eigenvalue weighted by Crippen LogP contribution is 2.36. The van der Waals surface area contributed by atoms with Crippen molar-refractivity contribution in [3.8, 4) is 0 Å². The largest absolute Gasteiger partial charge is 0.375 e. The molecular weight excluding hydrogens is 338 g/mol. The molecule has 25 heavy (non-hydrogen) atoms. The number of carbonyl (C=O) groups excluding carboxylic acids is 1. The van der Waals surface area contributed by atoms with Crippen LogP contribution in [0.3, 0.4) is 0 Å². The summed E-state index contributed by atoms with van der Waals surface area (Å²) in [6.07, 6.45) is 2.00. The maximum atomic E-state index is 13.3. The normalized spacial score (nSPS) is 27.3. The van der Waals surface area contributed by atoms with Crippen LogP contribution in [0.1, 0.15) is 51.5 Å². The van der Waals surface area contributed by atoms with Crippen molar-refractivity contribution in [2.75, 3.05) is 18.9 Å². The highest BCUT2D eigenvalue weighted by atomic mass is 32.2. The van der Waals surface area contributed by atoms with E-state index in [4.69, 9.17) is 4.74 Å². The van der Waals surface area contributed by atoms with Crippen molar-refractivity contribution < 1.29 is 17.9 Å².